The van der Waals surface area contributed by atoms with Crippen LogP contribution in [0.25, 0.3) is 0 Å². The van der Waals surface area contributed by atoms with Gasteiger partial charge in [-0.25, -0.2) is 0 Å². The van der Waals surface area contributed by atoms with Crippen molar-refractivity contribution >= 4 is 28.9 Å². The molecule has 0 saturated heterocycles. The van der Waals surface area contributed by atoms with Crippen LogP contribution in [-0.2, 0) is 4.79 Å². The summed E-state index contributed by atoms with van der Waals surface area (Å²) in [6.07, 6.45) is 2.12. The number of fused-ring (bicyclic) bond motifs is 1. The molecule has 0 aliphatic carbocycles. The van der Waals surface area contributed by atoms with Crippen LogP contribution in [0.2, 0.25) is 5.02 Å². The van der Waals surface area contributed by atoms with E-state index >= 15 is 0 Å². The lowest BCUT2D eigenvalue weighted by atomic mass is 10.1. The Kier molecular flexibility index (Phi) is 4.55. The van der Waals surface area contributed by atoms with Gasteiger partial charge in [-0.05, 0) is 32.0 Å². The number of halogens is 1. The molecule has 2 N–H and O–H groups in total. The fraction of sp³-hybridized carbons (Fsp3) is 0.533. The van der Waals surface area contributed by atoms with Gasteiger partial charge in [0.1, 0.15) is 6.04 Å². The first-order valence-electron chi connectivity index (χ1n) is 7.07. The van der Waals surface area contributed by atoms with Crippen molar-refractivity contribution in [2.75, 3.05) is 24.3 Å². The summed E-state index contributed by atoms with van der Waals surface area (Å²) < 4.78 is 0. The smallest absolute Gasteiger partial charge is 0.246 e. The summed E-state index contributed by atoms with van der Waals surface area (Å²) in [5.74, 6) is -0.0269. The average Bonchev–Trinajstić information content (AvgIpc) is 2.73. The second kappa shape index (κ2) is 6.02. The Morgan fingerprint density at radius 3 is 2.60 bits per heavy atom. The highest BCUT2D eigenvalue weighted by atomic mass is 35.5. The number of hydrogen-bond donors (Lipinski definition) is 2. The average molecular weight is 296 g/mol. The van der Waals surface area contributed by atoms with Crippen molar-refractivity contribution in [2.24, 2.45) is 0 Å². The van der Waals surface area contributed by atoms with E-state index in [-0.39, 0.29) is 11.9 Å². The number of hydrogen-bond acceptors (Lipinski definition) is 3. The Bertz CT molecular complexity index is 514. The van der Waals surface area contributed by atoms with Crippen molar-refractivity contribution in [2.45, 2.75) is 38.8 Å². The molecular weight excluding hydrogens is 274 g/mol. The summed E-state index contributed by atoms with van der Waals surface area (Å²) in [6.45, 7) is 4.34. The summed E-state index contributed by atoms with van der Waals surface area (Å²) in [6, 6.07) is 4.01. The number of carbonyl (C=O) groups is 1. The lowest BCUT2D eigenvalue weighted by Gasteiger charge is -2.29. The number of amides is 1. The maximum Gasteiger partial charge on any atom is 0.246 e. The van der Waals surface area contributed by atoms with Crippen LogP contribution in [0.1, 0.15) is 38.3 Å². The second-order valence-corrected chi connectivity index (χ2v) is 5.59. The third kappa shape index (κ3) is 2.50. The number of benzene rings is 1. The molecule has 1 heterocycles. The molecule has 1 unspecified atom stereocenters. The van der Waals surface area contributed by atoms with Crippen LogP contribution in [0.4, 0.5) is 11.4 Å². The topological polar surface area (TPSA) is 44.4 Å². The van der Waals surface area contributed by atoms with Crippen LogP contribution in [0.15, 0.2) is 12.1 Å². The Labute approximate surface area is 125 Å². The predicted octanol–water partition coefficient (Wildman–Crippen LogP) is 3.18. The highest BCUT2D eigenvalue weighted by Crippen LogP contribution is 2.39. The highest BCUT2D eigenvalue weighted by molar-refractivity contribution is 6.33. The van der Waals surface area contributed by atoms with Crippen molar-refractivity contribution in [1.29, 1.82) is 0 Å². The lowest BCUT2D eigenvalue weighted by Crippen LogP contribution is -2.30. The van der Waals surface area contributed by atoms with Gasteiger partial charge in [0.15, 0.2) is 0 Å². The minimum Gasteiger partial charge on any atom is -0.370 e. The molecule has 0 bridgehead atoms. The number of rotatable bonds is 5. The molecule has 1 amide bonds. The fourth-order valence-electron chi connectivity index (χ4n) is 2.86. The van der Waals surface area contributed by atoms with Crippen molar-refractivity contribution in [3.63, 3.8) is 0 Å². The first kappa shape index (κ1) is 15.1. The molecule has 0 spiro atoms. The molecule has 1 aromatic carbocycles. The molecule has 1 aliphatic rings. The summed E-state index contributed by atoms with van der Waals surface area (Å²) >= 11 is 6.42. The lowest BCUT2D eigenvalue weighted by molar-refractivity contribution is -0.117. The molecule has 0 saturated carbocycles. The highest BCUT2D eigenvalue weighted by Gasteiger charge is 2.31. The van der Waals surface area contributed by atoms with Crippen molar-refractivity contribution in [3.8, 4) is 0 Å². The van der Waals surface area contributed by atoms with E-state index in [2.05, 4.69) is 36.4 Å². The van der Waals surface area contributed by atoms with Crippen molar-refractivity contribution in [1.82, 2.24) is 5.32 Å². The minimum absolute atomic E-state index is 0.0269. The minimum atomic E-state index is -0.310. The van der Waals surface area contributed by atoms with Gasteiger partial charge in [0.05, 0.1) is 10.7 Å². The molecule has 110 valence electrons. The van der Waals surface area contributed by atoms with Gasteiger partial charge >= 0.3 is 0 Å². The third-order valence-corrected chi connectivity index (χ3v) is 4.41. The van der Waals surface area contributed by atoms with Crippen LogP contribution in [0, 0.1) is 0 Å². The van der Waals surface area contributed by atoms with E-state index in [4.69, 9.17) is 11.6 Å². The molecule has 1 aliphatic heterocycles. The van der Waals surface area contributed by atoms with Crippen LogP contribution in [0.3, 0.4) is 0 Å². The quantitative estimate of drug-likeness (QED) is 0.877. The van der Waals surface area contributed by atoms with Gasteiger partial charge in [-0.15, -0.1) is 0 Å². The molecular formula is C15H22ClN3O. The maximum absolute atomic E-state index is 11.9. The zero-order valence-corrected chi connectivity index (χ0v) is 13.2. The van der Waals surface area contributed by atoms with E-state index in [1.54, 1.807) is 7.05 Å². The fourth-order valence-corrected chi connectivity index (χ4v) is 3.17. The number of likely N-dealkylation sites (N-methyl/N-ethyl adjacent to an activating group) is 1. The molecule has 0 aromatic heterocycles. The van der Waals surface area contributed by atoms with Gasteiger partial charge in [-0.3, -0.25) is 4.79 Å². The second-order valence-electron chi connectivity index (χ2n) is 5.18. The predicted molar refractivity (Wildman–Crippen MR) is 84.7 cm³/mol. The van der Waals surface area contributed by atoms with E-state index in [1.807, 2.05) is 12.1 Å². The van der Waals surface area contributed by atoms with Gasteiger partial charge in [0.2, 0.25) is 5.91 Å². The van der Waals surface area contributed by atoms with Crippen LogP contribution in [-0.4, -0.2) is 26.0 Å². The molecule has 1 aromatic rings. The van der Waals surface area contributed by atoms with Gasteiger partial charge in [-0.2, -0.15) is 0 Å². The van der Waals surface area contributed by atoms with Crippen LogP contribution >= 0.6 is 11.6 Å². The Hall–Kier alpha value is -1.26. The normalized spacial score (nSPS) is 17.3. The van der Waals surface area contributed by atoms with Crippen LogP contribution < -0.4 is 15.5 Å². The monoisotopic (exact) mass is 295 g/mol. The van der Waals surface area contributed by atoms with Gasteiger partial charge in [0, 0.05) is 24.3 Å². The first-order valence-corrected chi connectivity index (χ1v) is 7.45. The Morgan fingerprint density at radius 2 is 2.05 bits per heavy atom. The summed E-state index contributed by atoms with van der Waals surface area (Å²) in [5, 5.41) is 6.61. The van der Waals surface area contributed by atoms with E-state index in [0.29, 0.717) is 11.1 Å². The van der Waals surface area contributed by atoms with Gasteiger partial charge in [-0.1, -0.05) is 25.4 Å². The number of anilines is 2. The zero-order chi connectivity index (χ0) is 14.9. The molecule has 0 fully saturated rings. The Morgan fingerprint density at radius 1 is 1.40 bits per heavy atom. The molecule has 5 heteroatoms. The molecule has 2 rings (SSSR count). The first-order chi connectivity index (χ1) is 9.53. The molecule has 4 nitrogen and oxygen atoms in total. The van der Waals surface area contributed by atoms with E-state index in [1.165, 1.54) is 0 Å². The summed E-state index contributed by atoms with van der Waals surface area (Å²) in [4.78, 5) is 14.1. The number of nitrogens with one attached hydrogen (secondary N) is 2. The SMILES string of the molecule is CCC(CC)N(C)c1cc2c(cc1Cl)C(NC)C(=O)N2. The zero-order valence-electron chi connectivity index (χ0n) is 12.5. The number of nitrogens with zero attached hydrogens (tertiary/aromatic N) is 1. The molecule has 20 heavy (non-hydrogen) atoms. The summed E-state index contributed by atoms with van der Waals surface area (Å²) in [7, 11) is 3.83. The molecule has 0 radical (unpaired) electrons. The van der Waals surface area contributed by atoms with E-state index < -0.39 is 0 Å². The van der Waals surface area contributed by atoms with Crippen molar-refractivity contribution in [3.05, 3.63) is 22.7 Å². The summed E-state index contributed by atoms with van der Waals surface area (Å²) in [5.41, 5.74) is 2.74. The largest absolute Gasteiger partial charge is 0.370 e. The van der Waals surface area contributed by atoms with E-state index in [9.17, 15) is 4.79 Å². The van der Waals surface area contributed by atoms with E-state index in [0.717, 1.165) is 29.8 Å². The van der Waals surface area contributed by atoms with Gasteiger partial charge in [0.25, 0.3) is 0 Å². The number of carbonyl (C=O) groups excluding carboxylic acids is 1. The third-order valence-electron chi connectivity index (χ3n) is 4.11. The van der Waals surface area contributed by atoms with Crippen LogP contribution in [0.5, 0.6) is 0 Å². The standard InChI is InChI=1S/C15H22ClN3O/c1-5-9(6-2)19(4)13-8-12-10(7-11(13)16)14(17-3)15(20)18-12/h7-9,14,17H,5-6H2,1-4H3,(H,18,20). The Balaban J connectivity index is 2.40. The van der Waals surface area contributed by atoms with Gasteiger partial charge < -0.3 is 15.5 Å². The molecule has 1 atom stereocenters. The maximum atomic E-state index is 11.9. The van der Waals surface area contributed by atoms with Crippen molar-refractivity contribution < 1.29 is 4.79 Å².